The highest BCUT2D eigenvalue weighted by Gasteiger charge is 2.19. The van der Waals surface area contributed by atoms with Gasteiger partial charge in [0.25, 0.3) is 5.56 Å². The van der Waals surface area contributed by atoms with E-state index >= 15 is 0 Å². The number of hydrogen-bond donors (Lipinski definition) is 1. The number of rotatable bonds is 4. The monoisotopic (exact) mass is 318 g/mol. The Labute approximate surface area is 134 Å². The molecule has 0 atom stereocenters. The van der Waals surface area contributed by atoms with Crippen LogP contribution in [-0.2, 0) is 25.3 Å². The number of hydrogen-bond acceptors (Lipinski definition) is 4. The molecule has 1 N–H and O–H groups in total. The van der Waals surface area contributed by atoms with E-state index in [0.717, 1.165) is 16.6 Å². The summed E-state index contributed by atoms with van der Waals surface area (Å²) in [4.78, 5) is 41.1. The molecule has 2 aromatic rings. The average Bonchev–Trinajstić information content (AvgIpc) is 2.52. The topological polar surface area (TPSA) is 86.0 Å². The minimum absolute atomic E-state index is 0.175. The van der Waals surface area contributed by atoms with Crippen molar-refractivity contribution in [2.24, 2.45) is 20.0 Å². The lowest BCUT2D eigenvalue weighted by Crippen LogP contribution is -2.38. The first-order valence-electron chi connectivity index (χ1n) is 7.68. The summed E-state index contributed by atoms with van der Waals surface area (Å²) in [6, 6.07) is 0. The highest BCUT2D eigenvalue weighted by Crippen LogP contribution is 2.24. The van der Waals surface area contributed by atoms with Crippen molar-refractivity contribution >= 4 is 22.6 Å². The van der Waals surface area contributed by atoms with Crippen LogP contribution in [0.5, 0.6) is 0 Å². The molecule has 124 valence electrons. The quantitative estimate of drug-likeness (QED) is 0.917. The lowest BCUT2D eigenvalue weighted by molar-refractivity contribution is -0.118. The van der Waals surface area contributed by atoms with E-state index in [2.05, 4.69) is 10.3 Å². The molecule has 0 saturated carbocycles. The normalized spacial score (nSPS) is 11.2. The molecule has 0 saturated heterocycles. The Morgan fingerprint density at radius 3 is 2.48 bits per heavy atom. The van der Waals surface area contributed by atoms with E-state index in [1.54, 1.807) is 27.1 Å². The second-order valence-electron chi connectivity index (χ2n) is 5.96. The summed E-state index contributed by atoms with van der Waals surface area (Å²) < 4.78 is 2.35. The van der Waals surface area contributed by atoms with Gasteiger partial charge in [-0.25, -0.2) is 9.78 Å². The molecule has 2 heterocycles. The Balaban J connectivity index is 2.88. The number of nitrogens with one attached hydrogen (secondary N) is 1. The first kappa shape index (κ1) is 16.9. The minimum Gasteiger partial charge on any atom is -0.325 e. The van der Waals surface area contributed by atoms with Crippen LogP contribution in [0.1, 0.15) is 32.8 Å². The number of aromatic nitrogens is 3. The van der Waals surface area contributed by atoms with Crippen molar-refractivity contribution in [3.05, 3.63) is 32.6 Å². The van der Waals surface area contributed by atoms with Gasteiger partial charge in [-0.1, -0.05) is 27.2 Å². The van der Waals surface area contributed by atoms with Crippen LogP contribution >= 0.6 is 0 Å². The molecule has 0 spiro atoms. The lowest BCUT2D eigenvalue weighted by Gasteiger charge is -2.16. The second kappa shape index (κ2) is 6.36. The van der Waals surface area contributed by atoms with Crippen LogP contribution in [0.3, 0.4) is 0 Å². The van der Waals surface area contributed by atoms with E-state index in [1.807, 2.05) is 6.92 Å². The van der Waals surface area contributed by atoms with Crippen molar-refractivity contribution < 1.29 is 4.79 Å². The third kappa shape index (κ3) is 2.91. The Hall–Kier alpha value is -2.44. The maximum absolute atomic E-state index is 12.6. The number of amides is 1. The average molecular weight is 318 g/mol. The van der Waals surface area contributed by atoms with Crippen molar-refractivity contribution in [3.8, 4) is 0 Å². The zero-order valence-electron chi connectivity index (χ0n) is 14.1. The molecular formula is C16H22N4O3. The van der Waals surface area contributed by atoms with E-state index in [9.17, 15) is 14.4 Å². The van der Waals surface area contributed by atoms with Gasteiger partial charge in [-0.2, -0.15) is 0 Å². The van der Waals surface area contributed by atoms with E-state index in [0.29, 0.717) is 12.1 Å². The van der Waals surface area contributed by atoms with Gasteiger partial charge in [-0.3, -0.25) is 18.7 Å². The van der Waals surface area contributed by atoms with Gasteiger partial charge in [-0.15, -0.1) is 0 Å². The van der Waals surface area contributed by atoms with Gasteiger partial charge < -0.3 is 5.32 Å². The molecule has 0 aliphatic heterocycles. The summed E-state index contributed by atoms with van der Waals surface area (Å²) in [5, 5.41) is 3.12. The molecule has 2 rings (SSSR count). The van der Waals surface area contributed by atoms with Crippen molar-refractivity contribution in [2.75, 3.05) is 5.32 Å². The number of fused-ring (bicyclic) bond motifs is 1. The predicted molar refractivity (Wildman–Crippen MR) is 89.7 cm³/mol. The molecule has 2 aromatic heterocycles. The van der Waals surface area contributed by atoms with Gasteiger partial charge in [0.05, 0.1) is 5.69 Å². The number of pyridine rings is 1. The van der Waals surface area contributed by atoms with Crippen LogP contribution in [0, 0.1) is 5.92 Å². The highest BCUT2D eigenvalue weighted by molar-refractivity contribution is 6.01. The SMILES string of the molecule is CCCc1cnc2c(c1NC(=O)C(C)C)c(=O)n(C)c(=O)n2C. The molecular weight excluding hydrogens is 296 g/mol. The second-order valence-corrected chi connectivity index (χ2v) is 5.96. The lowest BCUT2D eigenvalue weighted by atomic mass is 10.1. The Morgan fingerprint density at radius 1 is 1.26 bits per heavy atom. The molecule has 0 unspecified atom stereocenters. The van der Waals surface area contributed by atoms with Crippen molar-refractivity contribution in [3.63, 3.8) is 0 Å². The van der Waals surface area contributed by atoms with E-state index in [-0.39, 0.29) is 22.9 Å². The first-order valence-corrected chi connectivity index (χ1v) is 7.68. The van der Waals surface area contributed by atoms with Crippen LogP contribution in [0.4, 0.5) is 5.69 Å². The van der Waals surface area contributed by atoms with Gasteiger partial charge in [0.2, 0.25) is 5.91 Å². The van der Waals surface area contributed by atoms with Crippen LogP contribution in [0.15, 0.2) is 15.8 Å². The first-order chi connectivity index (χ1) is 10.8. The molecule has 0 bridgehead atoms. The molecule has 23 heavy (non-hydrogen) atoms. The van der Waals surface area contributed by atoms with Crippen LogP contribution in [0.25, 0.3) is 11.0 Å². The molecule has 0 aromatic carbocycles. The molecule has 1 amide bonds. The third-order valence-corrected chi connectivity index (χ3v) is 3.84. The zero-order valence-corrected chi connectivity index (χ0v) is 14.1. The minimum atomic E-state index is -0.451. The molecule has 0 aliphatic carbocycles. The zero-order chi connectivity index (χ0) is 17.3. The van der Waals surface area contributed by atoms with Gasteiger partial charge in [0.1, 0.15) is 5.39 Å². The fourth-order valence-corrected chi connectivity index (χ4v) is 2.44. The molecule has 0 aliphatic rings. The Kier molecular flexibility index (Phi) is 4.68. The molecule has 7 heteroatoms. The fraction of sp³-hybridized carbons (Fsp3) is 0.500. The summed E-state index contributed by atoms with van der Waals surface area (Å²) in [5.74, 6) is -0.394. The van der Waals surface area contributed by atoms with Crippen molar-refractivity contribution in [2.45, 2.75) is 33.6 Å². The maximum atomic E-state index is 12.6. The standard InChI is InChI=1S/C16H22N4O3/c1-6-7-10-8-17-13-11(12(10)18-14(21)9(2)3)15(22)20(5)16(23)19(13)4/h8-9H,6-7H2,1-5H3,(H,17,18,21). The smallest absolute Gasteiger partial charge is 0.325 e. The largest absolute Gasteiger partial charge is 0.332 e. The maximum Gasteiger partial charge on any atom is 0.332 e. The third-order valence-electron chi connectivity index (χ3n) is 3.84. The van der Waals surface area contributed by atoms with Crippen LogP contribution < -0.4 is 16.6 Å². The Bertz CT molecular complexity index is 877. The number of carbonyl (C=O) groups is 1. The van der Waals surface area contributed by atoms with E-state index < -0.39 is 11.2 Å². The summed E-state index contributed by atoms with van der Waals surface area (Å²) in [5.41, 5.74) is 0.639. The summed E-state index contributed by atoms with van der Waals surface area (Å²) >= 11 is 0. The highest BCUT2D eigenvalue weighted by atomic mass is 16.2. The van der Waals surface area contributed by atoms with Crippen LogP contribution in [-0.4, -0.2) is 20.0 Å². The molecule has 0 fully saturated rings. The van der Waals surface area contributed by atoms with Crippen molar-refractivity contribution in [1.29, 1.82) is 0 Å². The summed E-state index contributed by atoms with van der Waals surface area (Å²) in [7, 11) is 2.98. The number of carbonyl (C=O) groups excluding carboxylic acids is 1. The van der Waals surface area contributed by atoms with Crippen molar-refractivity contribution in [1.82, 2.24) is 14.1 Å². The van der Waals surface area contributed by atoms with E-state index in [4.69, 9.17) is 0 Å². The van der Waals surface area contributed by atoms with Gasteiger partial charge in [0.15, 0.2) is 5.65 Å². The van der Waals surface area contributed by atoms with Gasteiger partial charge in [0, 0.05) is 26.2 Å². The number of aryl methyl sites for hydroxylation is 2. The summed E-state index contributed by atoms with van der Waals surface area (Å²) in [6.07, 6.45) is 3.16. The van der Waals surface area contributed by atoms with E-state index in [1.165, 1.54) is 11.6 Å². The number of anilines is 1. The number of nitrogens with zero attached hydrogens (tertiary/aromatic N) is 3. The molecule has 0 radical (unpaired) electrons. The Morgan fingerprint density at radius 2 is 1.91 bits per heavy atom. The van der Waals surface area contributed by atoms with Gasteiger partial charge >= 0.3 is 5.69 Å². The fourth-order valence-electron chi connectivity index (χ4n) is 2.44. The summed E-state index contributed by atoms with van der Waals surface area (Å²) in [6.45, 7) is 5.58. The van der Waals surface area contributed by atoms with Crippen LogP contribution in [0.2, 0.25) is 0 Å². The molecule has 7 nitrogen and oxygen atoms in total. The predicted octanol–water partition coefficient (Wildman–Crippen LogP) is 1.18. The van der Waals surface area contributed by atoms with Gasteiger partial charge in [-0.05, 0) is 12.0 Å².